The normalized spacial score (nSPS) is 11.7. The number of rotatable bonds is 11. The van der Waals surface area contributed by atoms with Crippen LogP contribution in [0.15, 0.2) is 48.5 Å². The molecule has 1 unspecified atom stereocenters. The van der Waals surface area contributed by atoms with E-state index >= 15 is 0 Å². The Morgan fingerprint density at radius 3 is 2.41 bits per heavy atom. The van der Waals surface area contributed by atoms with Gasteiger partial charge < -0.3 is 18.9 Å². The van der Waals surface area contributed by atoms with Gasteiger partial charge in [-0.25, -0.2) is 4.79 Å². The summed E-state index contributed by atoms with van der Waals surface area (Å²) in [6.45, 7) is 5.05. The lowest BCUT2D eigenvalue weighted by atomic mass is 10.1. The number of benzene rings is 2. The van der Waals surface area contributed by atoms with E-state index in [2.05, 4.69) is 6.07 Å². The highest BCUT2D eigenvalue weighted by molar-refractivity contribution is 5.75. The molecule has 27 heavy (non-hydrogen) atoms. The van der Waals surface area contributed by atoms with E-state index < -0.39 is 6.10 Å². The summed E-state index contributed by atoms with van der Waals surface area (Å²) in [4.78, 5) is 11.9. The van der Waals surface area contributed by atoms with Gasteiger partial charge in [0.1, 0.15) is 11.5 Å². The lowest BCUT2D eigenvalue weighted by molar-refractivity contribution is -0.156. The van der Waals surface area contributed by atoms with Crippen LogP contribution in [0.2, 0.25) is 0 Å². The number of hydrogen-bond acceptors (Lipinski definition) is 5. The Balaban J connectivity index is 1.85. The van der Waals surface area contributed by atoms with Gasteiger partial charge in [0.25, 0.3) is 0 Å². The average molecular weight is 372 g/mol. The van der Waals surface area contributed by atoms with E-state index in [-0.39, 0.29) is 5.97 Å². The van der Waals surface area contributed by atoms with Gasteiger partial charge in [0.15, 0.2) is 6.10 Å². The molecule has 0 bridgehead atoms. The van der Waals surface area contributed by atoms with Gasteiger partial charge in [0.2, 0.25) is 0 Å². The van der Waals surface area contributed by atoms with Crippen molar-refractivity contribution in [3.8, 4) is 11.5 Å². The second-order valence-corrected chi connectivity index (χ2v) is 5.99. The highest BCUT2D eigenvalue weighted by Gasteiger charge is 2.20. The molecule has 0 saturated carbocycles. The zero-order valence-corrected chi connectivity index (χ0v) is 16.3. The van der Waals surface area contributed by atoms with Gasteiger partial charge in [-0.2, -0.15) is 0 Å². The zero-order valence-electron chi connectivity index (χ0n) is 16.3. The maximum absolute atomic E-state index is 11.9. The van der Waals surface area contributed by atoms with Gasteiger partial charge in [0.05, 0.1) is 20.3 Å². The molecule has 2 aromatic carbocycles. The van der Waals surface area contributed by atoms with Gasteiger partial charge in [-0.3, -0.25) is 0 Å². The first-order chi connectivity index (χ1) is 13.2. The highest BCUT2D eigenvalue weighted by Crippen LogP contribution is 2.17. The van der Waals surface area contributed by atoms with Gasteiger partial charge in [-0.15, -0.1) is 0 Å². The Kier molecular flexibility index (Phi) is 8.65. The van der Waals surface area contributed by atoms with Gasteiger partial charge >= 0.3 is 5.97 Å². The van der Waals surface area contributed by atoms with Crippen molar-refractivity contribution in [3.63, 3.8) is 0 Å². The van der Waals surface area contributed by atoms with E-state index in [4.69, 9.17) is 18.9 Å². The molecule has 0 aromatic heterocycles. The standard InChI is InChI=1S/C22H28O5/c1-4-25-21(22(23)26-5-2)16-18-9-11-19(12-10-18)27-14-13-17-7-6-8-20(15-17)24-3/h6-12,15,21H,4-5,13-14,16H2,1-3H3. The van der Waals surface area contributed by atoms with Crippen LogP contribution in [-0.2, 0) is 27.1 Å². The first-order valence-electron chi connectivity index (χ1n) is 9.29. The predicted octanol–water partition coefficient (Wildman–Crippen LogP) is 3.83. The van der Waals surface area contributed by atoms with E-state index in [1.165, 1.54) is 5.56 Å². The van der Waals surface area contributed by atoms with Crippen LogP contribution >= 0.6 is 0 Å². The third kappa shape index (κ3) is 6.94. The average Bonchev–Trinajstić information content (AvgIpc) is 2.69. The van der Waals surface area contributed by atoms with Crippen molar-refractivity contribution in [3.05, 3.63) is 59.7 Å². The summed E-state index contributed by atoms with van der Waals surface area (Å²) in [6.07, 6.45) is 0.708. The lowest BCUT2D eigenvalue weighted by Crippen LogP contribution is -2.28. The summed E-state index contributed by atoms with van der Waals surface area (Å²) in [5.41, 5.74) is 2.17. The Hall–Kier alpha value is -2.53. The van der Waals surface area contributed by atoms with Crippen LogP contribution in [0.25, 0.3) is 0 Å². The largest absolute Gasteiger partial charge is 0.497 e. The molecular weight excluding hydrogens is 344 g/mol. The summed E-state index contributed by atoms with van der Waals surface area (Å²) in [5, 5.41) is 0. The summed E-state index contributed by atoms with van der Waals surface area (Å²) in [6, 6.07) is 15.7. The lowest BCUT2D eigenvalue weighted by Gasteiger charge is -2.15. The van der Waals surface area contributed by atoms with Crippen molar-refractivity contribution in [2.45, 2.75) is 32.8 Å². The smallest absolute Gasteiger partial charge is 0.335 e. The van der Waals surface area contributed by atoms with Crippen molar-refractivity contribution >= 4 is 5.97 Å². The number of ether oxygens (including phenoxy) is 4. The minimum absolute atomic E-state index is 0.321. The topological polar surface area (TPSA) is 54.0 Å². The molecule has 146 valence electrons. The van der Waals surface area contributed by atoms with Crippen LogP contribution in [0, 0.1) is 0 Å². The summed E-state index contributed by atoms with van der Waals surface area (Å²) < 4.78 is 21.6. The Morgan fingerprint density at radius 1 is 0.963 bits per heavy atom. The molecule has 0 fully saturated rings. The van der Waals surface area contributed by atoms with Crippen molar-refractivity contribution < 1.29 is 23.7 Å². The monoisotopic (exact) mass is 372 g/mol. The maximum atomic E-state index is 11.9. The van der Waals surface area contributed by atoms with Crippen molar-refractivity contribution in [1.29, 1.82) is 0 Å². The van der Waals surface area contributed by atoms with Crippen LogP contribution < -0.4 is 9.47 Å². The molecule has 0 N–H and O–H groups in total. The molecule has 0 amide bonds. The second kappa shape index (κ2) is 11.2. The second-order valence-electron chi connectivity index (χ2n) is 5.99. The molecule has 2 rings (SSSR count). The van der Waals surface area contributed by atoms with E-state index in [0.29, 0.717) is 26.2 Å². The zero-order chi connectivity index (χ0) is 19.5. The molecule has 0 aliphatic rings. The third-order valence-corrected chi connectivity index (χ3v) is 4.06. The van der Waals surface area contributed by atoms with E-state index in [0.717, 1.165) is 23.5 Å². The van der Waals surface area contributed by atoms with Gasteiger partial charge in [0, 0.05) is 19.4 Å². The molecule has 0 heterocycles. The molecule has 1 atom stereocenters. The summed E-state index contributed by atoms with van der Waals surface area (Å²) >= 11 is 0. The molecule has 0 aliphatic heterocycles. The van der Waals surface area contributed by atoms with Crippen molar-refractivity contribution in [1.82, 2.24) is 0 Å². The molecule has 0 radical (unpaired) electrons. The Bertz CT molecular complexity index is 696. The van der Waals surface area contributed by atoms with Crippen molar-refractivity contribution in [2.24, 2.45) is 0 Å². The minimum Gasteiger partial charge on any atom is -0.497 e. The third-order valence-electron chi connectivity index (χ3n) is 4.06. The fraction of sp³-hybridized carbons (Fsp3) is 0.409. The van der Waals surface area contributed by atoms with Crippen LogP contribution in [0.3, 0.4) is 0 Å². The van der Waals surface area contributed by atoms with Crippen LogP contribution in [0.5, 0.6) is 11.5 Å². The van der Waals surface area contributed by atoms with E-state index in [1.54, 1.807) is 14.0 Å². The number of carbonyl (C=O) groups is 1. The first-order valence-corrected chi connectivity index (χ1v) is 9.29. The Morgan fingerprint density at radius 2 is 1.74 bits per heavy atom. The van der Waals surface area contributed by atoms with Crippen LogP contribution in [0.4, 0.5) is 0 Å². The number of methoxy groups -OCH3 is 1. The van der Waals surface area contributed by atoms with Gasteiger partial charge in [-0.1, -0.05) is 24.3 Å². The SMILES string of the molecule is CCOC(=O)C(Cc1ccc(OCCc2cccc(OC)c2)cc1)OCC. The van der Waals surface area contributed by atoms with E-state index in [9.17, 15) is 4.79 Å². The van der Waals surface area contributed by atoms with Gasteiger partial charge in [-0.05, 0) is 49.2 Å². The van der Waals surface area contributed by atoms with Crippen LogP contribution in [-0.4, -0.2) is 39.0 Å². The molecular formula is C22H28O5. The molecule has 0 aliphatic carbocycles. The molecule has 0 saturated heterocycles. The number of hydrogen-bond donors (Lipinski definition) is 0. The molecule has 2 aromatic rings. The quantitative estimate of drug-likeness (QED) is 0.561. The van der Waals surface area contributed by atoms with Crippen molar-refractivity contribution in [2.75, 3.05) is 26.9 Å². The summed E-state index contributed by atoms with van der Waals surface area (Å²) in [5.74, 6) is 1.33. The maximum Gasteiger partial charge on any atom is 0.335 e. The highest BCUT2D eigenvalue weighted by atomic mass is 16.6. The molecule has 5 nitrogen and oxygen atoms in total. The number of carbonyl (C=O) groups excluding carboxylic acids is 1. The van der Waals surface area contributed by atoms with Crippen LogP contribution in [0.1, 0.15) is 25.0 Å². The fourth-order valence-corrected chi connectivity index (χ4v) is 2.70. The summed E-state index contributed by atoms with van der Waals surface area (Å²) in [7, 11) is 1.66. The molecule has 5 heteroatoms. The molecule has 0 spiro atoms. The first kappa shape index (κ1) is 20.8. The predicted molar refractivity (Wildman–Crippen MR) is 104 cm³/mol. The van der Waals surface area contributed by atoms with E-state index in [1.807, 2.05) is 49.4 Å². The minimum atomic E-state index is -0.574. The Labute approximate surface area is 161 Å². The fourth-order valence-electron chi connectivity index (χ4n) is 2.70. The number of esters is 1.